The summed E-state index contributed by atoms with van der Waals surface area (Å²) < 4.78 is 11.5. The van der Waals surface area contributed by atoms with Crippen LogP contribution in [0.4, 0.5) is 0 Å². The average Bonchev–Trinajstić information content (AvgIpc) is 3.00. The van der Waals surface area contributed by atoms with E-state index in [0.29, 0.717) is 12.0 Å². The molecule has 4 nitrogen and oxygen atoms in total. The van der Waals surface area contributed by atoms with Crippen LogP contribution in [0.3, 0.4) is 0 Å². The summed E-state index contributed by atoms with van der Waals surface area (Å²) in [6, 6.07) is 2.19. The van der Waals surface area contributed by atoms with Gasteiger partial charge in [-0.3, -0.25) is 4.90 Å². The summed E-state index contributed by atoms with van der Waals surface area (Å²) in [5, 5.41) is 3.43. The fourth-order valence-corrected chi connectivity index (χ4v) is 2.81. The molecule has 1 saturated heterocycles. The lowest BCUT2D eigenvalue weighted by Gasteiger charge is -2.19. The van der Waals surface area contributed by atoms with Gasteiger partial charge in [0.05, 0.1) is 12.6 Å². The van der Waals surface area contributed by atoms with Crippen LogP contribution in [0.1, 0.15) is 43.8 Å². The molecule has 120 valence electrons. The Morgan fingerprint density at radius 2 is 2.24 bits per heavy atom. The number of aryl methyl sites for hydroxylation is 1. The van der Waals surface area contributed by atoms with Crippen LogP contribution in [-0.2, 0) is 17.8 Å². The first-order valence-corrected chi connectivity index (χ1v) is 8.13. The molecule has 0 saturated carbocycles. The molecular formula is C17H30N2O2. The van der Waals surface area contributed by atoms with Gasteiger partial charge in [-0.15, -0.1) is 0 Å². The zero-order chi connectivity index (χ0) is 15.2. The van der Waals surface area contributed by atoms with Gasteiger partial charge in [-0.1, -0.05) is 13.8 Å². The maximum atomic E-state index is 5.85. The summed E-state index contributed by atoms with van der Waals surface area (Å²) in [6.07, 6.45) is 2.81. The third-order valence-corrected chi connectivity index (χ3v) is 3.90. The lowest BCUT2D eigenvalue weighted by atomic mass is 10.2. The fourth-order valence-electron chi connectivity index (χ4n) is 2.81. The smallest absolute Gasteiger partial charge is 0.118 e. The SMILES string of the molecule is Cc1oc(CNCC(C)C)cc1CN(C)CC1CCCO1. The van der Waals surface area contributed by atoms with Gasteiger partial charge in [0.1, 0.15) is 11.5 Å². The van der Waals surface area contributed by atoms with E-state index in [1.165, 1.54) is 18.4 Å². The summed E-state index contributed by atoms with van der Waals surface area (Å²) in [5.41, 5.74) is 1.29. The highest BCUT2D eigenvalue weighted by atomic mass is 16.5. The average molecular weight is 294 g/mol. The Kier molecular flexibility index (Phi) is 6.27. The van der Waals surface area contributed by atoms with Gasteiger partial charge < -0.3 is 14.5 Å². The zero-order valence-electron chi connectivity index (χ0n) is 13.9. The highest BCUT2D eigenvalue weighted by Crippen LogP contribution is 2.18. The van der Waals surface area contributed by atoms with Crippen molar-refractivity contribution >= 4 is 0 Å². The van der Waals surface area contributed by atoms with Gasteiger partial charge in [0.2, 0.25) is 0 Å². The highest BCUT2D eigenvalue weighted by Gasteiger charge is 2.18. The van der Waals surface area contributed by atoms with E-state index in [1.54, 1.807) is 0 Å². The van der Waals surface area contributed by atoms with Crippen molar-refractivity contribution in [1.29, 1.82) is 0 Å². The van der Waals surface area contributed by atoms with Crippen molar-refractivity contribution in [2.45, 2.75) is 52.8 Å². The molecular weight excluding hydrogens is 264 g/mol. The van der Waals surface area contributed by atoms with Crippen LogP contribution in [0.15, 0.2) is 10.5 Å². The fraction of sp³-hybridized carbons (Fsp3) is 0.765. The predicted molar refractivity (Wildman–Crippen MR) is 85.3 cm³/mol. The van der Waals surface area contributed by atoms with Crippen molar-refractivity contribution in [2.75, 3.05) is 26.7 Å². The molecule has 1 aliphatic heterocycles. The Labute approximate surface area is 128 Å². The van der Waals surface area contributed by atoms with Crippen LogP contribution in [0.5, 0.6) is 0 Å². The second kappa shape index (κ2) is 7.97. The Balaban J connectivity index is 1.80. The van der Waals surface area contributed by atoms with Gasteiger partial charge in [-0.2, -0.15) is 0 Å². The molecule has 2 rings (SSSR count). The number of hydrogen-bond donors (Lipinski definition) is 1. The van der Waals surface area contributed by atoms with Crippen LogP contribution in [0.2, 0.25) is 0 Å². The molecule has 0 aliphatic carbocycles. The Morgan fingerprint density at radius 3 is 2.90 bits per heavy atom. The Bertz CT molecular complexity index is 422. The normalized spacial score (nSPS) is 19.0. The van der Waals surface area contributed by atoms with E-state index in [-0.39, 0.29) is 0 Å². The lowest BCUT2D eigenvalue weighted by molar-refractivity contribution is 0.0792. The Morgan fingerprint density at radius 1 is 1.43 bits per heavy atom. The molecule has 1 aromatic heterocycles. The molecule has 4 heteroatoms. The maximum Gasteiger partial charge on any atom is 0.118 e. The van der Waals surface area contributed by atoms with Gasteiger partial charge in [0, 0.05) is 25.3 Å². The highest BCUT2D eigenvalue weighted by molar-refractivity contribution is 5.20. The van der Waals surface area contributed by atoms with E-state index in [2.05, 4.69) is 44.1 Å². The maximum absolute atomic E-state index is 5.85. The number of likely N-dealkylation sites (N-methyl/N-ethyl adjacent to an activating group) is 1. The summed E-state index contributed by atoms with van der Waals surface area (Å²) >= 11 is 0. The van der Waals surface area contributed by atoms with Crippen molar-refractivity contribution in [3.8, 4) is 0 Å². The minimum absolute atomic E-state index is 0.411. The number of nitrogens with one attached hydrogen (secondary N) is 1. The van der Waals surface area contributed by atoms with Crippen LogP contribution >= 0.6 is 0 Å². The second-order valence-electron chi connectivity index (χ2n) is 6.65. The molecule has 1 N–H and O–H groups in total. The quantitative estimate of drug-likeness (QED) is 0.800. The largest absolute Gasteiger partial charge is 0.465 e. The number of ether oxygens (including phenoxy) is 1. The van der Waals surface area contributed by atoms with Crippen molar-refractivity contribution < 1.29 is 9.15 Å². The molecule has 0 amide bonds. The van der Waals surface area contributed by atoms with Crippen molar-refractivity contribution in [2.24, 2.45) is 5.92 Å². The van der Waals surface area contributed by atoms with E-state index in [0.717, 1.165) is 44.3 Å². The lowest BCUT2D eigenvalue weighted by Crippen LogP contribution is -2.28. The topological polar surface area (TPSA) is 37.6 Å². The molecule has 2 heterocycles. The third-order valence-electron chi connectivity index (χ3n) is 3.90. The second-order valence-corrected chi connectivity index (χ2v) is 6.65. The molecule has 1 aliphatic rings. The molecule has 1 unspecified atom stereocenters. The molecule has 1 aromatic rings. The minimum atomic E-state index is 0.411. The van der Waals surface area contributed by atoms with Gasteiger partial charge >= 0.3 is 0 Å². The van der Waals surface area contributed by atoms with Gasteiger partial charge in [0.25, 0.3) is 0 Å². The number of furan rings is 1. The molecule has 1 fully saturated rings. The summed E-state index contributed by atoms with van der Waals surface area (Å²) in [6.45, 7) is 11.2. The number of rotatable bonds is 8. The van der Waals surface area contributed by atoms with E-state index in [9.17, 15) is 0 Å². The van der Waals surface area contributed by atoms with Crippen molar-refractivity contribution in [1.82, 2.24) is 10.2 Å². The predicted octanol–water partition coefficient (Wildman–Crippen LogP) is 2.94. The summed E-state index contributed by atoms with van der Waals surface area (Å²) in [4.78, 5) is 2.33. The molecule has 0 radical (unpaired) electrons. The van der Waals surface area contributed by atoms with Crippen LogP contribution in [0, 0.1) is 12.8 Å². The number of nitrogens with zero attached hydrogens (tertiary/aromatic N) is 1. The van der Waals surface area contributed by atoms with E-state index in [1.807, 2.05) is 0 Å². The van der Waals surface area contributed by atoms with Crippen LogP contribution in [-0.4, -0.2) is 37.7 Å². The first kappa shape index (κ1) is 16.5. The van der Waals surface area contributed by atoms with Crippen LogP contribution < -0.4 is 5.32 Å². The number of hydrogen-bond acceptors (Lipinski definition) is 4. The minimum Gasteiger partial charge on any atom is -0.465 e. The molecule has 0 aromatic carbocycles. The standard InChI is InChI=1S/C17H30N2O2/c1-13(2)9-18-10-17-8-15(14(3)21-17)11-19(4)12-16-6-5-7-20-16/h8,13,16,18H,5-7,9-12H2,1-4H3. The van der Waals surface area contributed by atoms with E-state index in [4.69, 9.17) is 9.15 Å². The van der Waals surface area contributed by atoms with Crippen molar-refractivity contribution in [3.05, 3.63) is 23.2 Å². The third kappa shape index (κ3) is 5.46. The van der Waals surface area contributed by atoms with Gasteiger partial charge in [-0.25, -0.2) is 0 Å². The molecule has 0 spiro atoms. The molecule has 1 atom stereocenters. The molecule has 0 bridgehead atoms. The first-order valence-electron chi connectivity index (χ1n) is 8.13. The van der Waals surface area contributed by atoms with Crippen LogP contribution in [0.25, 0.3) is 0 Å². The van der Waals surface area contributed by atoms with Crippen molar-refractivity contribution in [3.63, 3.8) is 0 Å². The summed E-state index contributed by atoms with van der Waals surface area (Å²) in [5.74, 6) is 2.74. The monoisotopic (exact) mass is 294 g/mol. The van der Waals surface area contributed by atoms with Gasteiger partial charge in [0.15, 0.2) is 0 Å². The van der Waals surface area contributed by atoms with Gasteiger partial charge in [-0.05, 0) is 45.3 Å². The molecule has 21 heavy (non-hydrogen) atoms. The van der Waals surface area contributed by atoms with E-state index >= 15 is 0 Å². The Hall–Kier alpha value is -0.840. The van der Waals surface area contributed by atoms with E-state index < -0.39 is 0 Å². The first-order chi connectivity index (χ1) is 10.0. The zero-order valence-corrected chi connectivity index (χ0v) is 13.9. The summed E-state index contributed by atoms with van der Waals surface area (Å²) in [7, 11) is 2.16.